The van der Waals surface area contributed by atoms with Crippen LogP contribution >= 0.6 is 7.92 Å². The Balaban J connectivity index is 0.000000290. The van der Waals surface area contributed by atoms with E-state index in [1.54, 1.807) is 0 Å². The quantitative estimate of drug-likeness (QED) is 0.534. The van der Waals surface area contributed by atoms with Crippen molar-refractivity contribution in [2.45, 2.75) is 0 Å². The zero-order valence-corrected chi connectivity index (χ0v) is 14.3. The lowest BCUT2D eigenvalue weighted by molar-refractivity contribution is 1.42. The van der Waals surface area contributed by atoms with E-state index in [4.69, 9.17) is 0 Å². The number of H-pyrrole nitrogens is 1. The zero-order chi connectivity index (χ0) is 16.5. The average Bonchev–Trinajstić information content (AvgIpc) is 3.25. The van der Waals surface area contributed by atoms with Gasteiger partial charge in [-0.05, 0) is 36.0 Å². The molecule has 1 N–H and O–H groups in total. The molecule has 0 saturated carbocycles. The van der Waals surface area contributed by atoms with Crippen LogP contribution in [0, 0.1) is 0 Å². The summed E-state index contributed by atoms with van der Waals surface area (Å²) in [4.78, 5) is 2.86. The molecule has 0 atom stereocenters. The first-order chi connectivity index (χ1) is 11.9. The van der Waals surface area contributed by atoms with Crippen LogP contribution in [0.4, 0.5) is 0 Å². The van der Waals surface area contributed by atoms with Crippen molar-refractivity contribution in [2.24, 2.45) is 0 Å². The van der Waals surface area contributed by atoms with Crippen LogP contribution in [-0.4, -0.2) is 4.98 Å². The molecule has 0 spiro atoms. The molecule has 0 saturated heterocycles. The van der Waals surface area contributed by atoms with Gasteiger partial charge in [0.2, 0.25) is 0 Å². The predicted octanol–water partition coefficient (Wildman–Crippen LogP) is 4.46. The number of hydrogen-bond donors (Lipinski definition) is 1. The lowest BCUT2D eigenvalue weighted by Gasteiger charge is -2.18. The maximum Gasteiger partial charge on any atom is 0.000496 e. The van der Waals surface area contributed by atoms with E-state index in [1.165, 1.54) is 15.9 Å². The molecule has 0 amide bonds. The highest BCUT2D eigenvalue weighted by Gasteiger charge is 2.14. The van der Waals surface area contributed by atoms with Crippen LogP contribution in [0.15, 0.2) is 116 Å². The third-order valence-electron chi connectivity index (χ3n) is 3.54. The fraction of sp³-hybridized carbons (Fsp3) is 0. The maximum absolute atomic E-state index is 2.86. The summed E-state index contributed by atoms with van der Waals surface area (Å²) in [6.07, 6.45) is 3.75. The predicted molar refractivity (Wildman–Crippen MR) is 106 cm³/mol. The van der Waals surface area contributed by atoms with Crippen molar-refractivity contribution in [1.29, 1.82) is 0 Å². The number of benzene rings is 3. The Morgan fingerprint density at radius 2 is 0.750 bits per heavy atom. The third kappa shape index (κ3) is 4.44. The van der Waals surface area contributed by atoms with Gasteiger partial charge in [-0.15, -0.1) is 0 Å². The van der Waals surface area contributed by atoms with Crippen molar-refractivity contribution < 1.29 is 0 Å². The lowest BCUT2D eigenvalue weighted by Crippen LogP contribution is -2.20. The summed E-state index contributed by atoms with van der Waals surface area (Å²) in [5.41, 5.74) is 0. The van der Waals surface area contributed by atoms with Crippen molar-refractivity contribution in [1.82, 2.24) is 4.98 Å². The molecule has 2 heteroatoms. The van der Waals surface area contributed by atoms with Crippen molar-refractivity contribution in [3.63, 3.8) is 0 Å². The van der Waals surface area contributed by atoms with Gasteiger partial charge < -0.3 is 4.98 Å². The van der Waals surface area contributed by atoms with E-state index in [1.807, 2.05) is 24.5 Å². The van der Waals surface area contributed by atoms with E-state index in [0.717, 1.165) is 0 Å². The maximum atomic E-state index is 2.86. The summed E-state index contributed by atoms with van der Waals surface area (Å²) in [5.74, 6) is 0. The molecule has 0 aliphatic rings. The van der Waals surface area contributed by atoms with E-state index < -0.39 is 7.92 Å². The number of aromatic amines is 1. The Kier molecular flexibility index (Phi) is 5.99. The fourth-order valence-corrected chi connectivity index (χ4v) is 4.76. The monoisotopic (exact) mass is 329 g/mol. The van der Waals surface area contributed by atoms with Crippen molar-refractivity contribution in [2.75, 3.05) is 0 Å². The van der Waals surface area contributed by atoms with Crippen LogP contribution in [0.3, 0.4) is 0 Å². The van der Waals surface area contributed by atoms with Crippen LogP contribution in [-0.2, 0) is 0 Å². The van der Waals surface area contributed by atoms with Gasteiger partial charge in [0.1, 0.15) is 0 Å². The Bertz CT molecular complexity index is 685. The largest absolute Gasteiger partial charge is 0.368 e. The zero-order valence-electron chi connectivity index (χ0n) is 13.4. The van der Waals surface area contributed by atoms with Gasteiger partial charge in [-0.25, -0.2) is 0 Å². The summed E-state index contributed by atoms with van der Waals surface area (Å²) in [5, 5.41) is 4.19. The minimum Gasteiger partial charge on any atom is -0.368 e. The molecule has 0 radical (unpaired) electrons. The van der Waals surface area contributed by atoms with Crippen LogP contribution in [0.5, 0.6) is 0 Å². The Morgan fingerprint density at radius 1 is 0.417 bits per heavy atom. The number of aromatic nitrogens is 1. The van der Waals surface area contributed by atoms with Crippen molar-refractivity contribution in [3.05, 3.63) is 116 Å². The Labute approximate surface area is 144 Å². The number of hydrogen-bond acceptors (Lipinski definition) is 0. The summed E-state index contributed by atoms with van der Waals surface area (Å²) >= 11 is 0. The van der Waals surface area contributed by atoms with Crippen molar-refractivity contribution in [3.8, 4) is 0 Å². The summed E-state index contributed by atoms with van der Waals surface area (Å²) in [6, 6.07) is 36.2. The molecule has 24 heavy (non-hydrogen) atoms. The highest BCUT2D eigenvalue weighted by molar-refractivity contribution is 7.79. The van der Waals surface area contributed by atoms with Gasteiger partial charge in [0, 0.05) is 12.4 Å². The highest BCUT2D eigenvalue weighted by atomic mass is 31.1. The van der Waals surface area contributed by atoms with Gasteiger partial charge in [0.25, 0.3) is 0 Å². The highest BCUT2D eigenvalue weighted by Crippen LogP contribution is 2.32. The molecule has 0 aliphatic carbocycles. The molecule has 1 nitrogen and oxygen atoms in total. The molecule has 118 valence electrons. The molecule has 4 rings (SSSR count). The second-order valence-electron chi connectivity index (χ2n) is 5.23. The van der Waals surface area contributed by atoms with E-state index >= 15 is 0 Å². The molecule has 0 bridgehead atoms. The van der Waals surface area contributed by atoms with Crippen LogP contribution in [0.1, 0.15) is 0 Å². The summed E-state index contributed by atoms with van der Waals surface area (Å²) in [7, 11) is -0.446. The smallest absolute Gasteiger partial charge is 0.000496 e. The van der Waals surface area contributed by atoms with Crippen LogP contribution in [0.25, 0.3) is 0 Å². The molecule has 3 aromatic carbocycles. The van der Waals surface area contributed by atoms with E-state index in [-0.39, 0.29) is 0 Å². The van der Waals surface area contributed by atoms with Gasteiger partial charge in [-0.2, -0.15) is 0 Å². The number of rotatable bonds is 3. The summed E-state index contributed by atoms with van der Waals surface area (Å²) in [6.45, 7) is 0. The lowest BCUT2D eigenvalue weighted by atomic mass is 10.4. The topological polar surface area (TPSA) is 15.8 Å². The minimum atomic E-state index is -0.446. The van der Waals surface area contributed by atoms with Gasteiger partial charge in [-0.1, -0.05) is 91.0 Å². The van der Waals surface area contributed by atoms with Gasteiger partial charge in [-0.3, -0.25) is 0 Å². The number of nitrogens with one attached hydrogen (secondary N) is 1. The first-order valence-corrected chi connectivity index (χ1v) is 9.32. The van der Waals surface area contributed by atoms with Gasteiger partial charge in [0.15, 0.2) is 0 Å². The first-order valence-electron chi connectivity index (χ1n) is 7.98. The van der Waals surface area contributed by atoms with Crippen LogP contribution in [0.2, 0.25) is 0 Å². The van der Waals surface area contributed by atoms with Gasteiger partial charge in [0.05, 0.1) is 0 Å². The molecular formula is C22H20NP. The Morgan fingerprint density at radius 3 is 1.00 bits per heavy atom. The minimum absolute atomic E-state index is 0.446. The van der Waals surface area contributed by atoms with Crippen LogP contribution < -0.4 is 15.9 Å². The molecule has 1 heterocycles. The van der Waals surface area contributed by atoms with Gasteiger partial charge >= 0.3 is 0 Å². The summed E-state index contributed by atoms with van der Waals surface area (Å²) < 4.78 is 0. The third-order valence-corrected chi connectivity index (χ3v) is 5.98. The second-order valence-corrected chi connectivity index (χ2v) is 7.45. The van der Waals surface area contributed by atoms with Crippen molar-refractivity contribution >= 4 is 23.8 Å². The molecule has 1 aromatic heterocycles. The SMILES string of the molecule is c1cc[nH]c1.c1ccc(P(c2ccccc2)c2ccccc2)cc1. The van der Waals surface area contributed by atoms with E-state index in [2.05, 4.69) is 96.0 Å². The molecule has 0 aliphatic heterocycles. The molecular weight excluding hydrogens is 309 g/mol. The molecule has 0 unspecified atom stereocenters. The molecule has 4 aromatic rings. The average molecular weight is 329 g/mol. The first kappa shape index (κ1) is 16.2. The standard InChI is InChI=1S/C18H15P.C4H5N/c1-4-10-16(11-5-1)19(17-12-6-2-7-13-17)18-14-8-3-9-15-18;1-2-4-5-3-1/h1-15H;1-5H. The Hall–Kier alpha value is -2.63. The van der Waals surface area contributed by atoms with E-state index in [0.29, 0.717) is 0 Å². The second kappa shape index (κ2) is 8.86. The normalized spacial score (nSPS) is 10.0. The molecule has 0 fully saturated rings. The fourth-order valence-electron chi connectivity index (χ4n) is 2.46. The van der Waals surface area contributed by atoms with E-state index in [9.17, 15) is 0 Å².